The van der Waals surface area contributed by atoms with Gasteiger partial charge in [0.1, 0.15) is 11.9 Å². The summed E-state index contributed by atoms with van der Waals surface area (Å²) in [6.45, 7) is 8.14. The Morgan fingerprint density at radius 2 is 1.83 bits per heavy atom. The lowest BCUT2D eigenvalue weighted by atomic mass is 9.88. The van der Waals surface area contributed by atoms with Crippen molar-refractivity contribution in [2.75, 3.05) is 6.54 Å². The number of urea groups is 1. The van der Waals surface area contributed by atoms with Gasteiger partial charge in [0.25, 0.3) is 0 Å². The molecule has 0 saturated heterocycles. The number of amides is 2. The summed E-state index contributed by atoms with van der Waals surface area (Å²) in [6.07, 6.45) is 0.371. The second-order valence-corrected chi connectivity index (χ2v) is 6.45. The minimum Gasteiger partial charge on any atom is -0.480 e. The normalized spacial score (nSPS) is 13.3. The smallest absolute Gasteiger partial charge is 0.328 e. The molecule has 3 N–H and O–H groups in total. The van der Waals surface area contributed by atoms with E-state index < -0.39 is 18.0 Å². The molecule has 0 saturated carbocycles. The number of carboxylic acid groups (broad SMARTS) is 1. The highest BCUT2D eigenvalue weighted by Crippen LogP contribution is 2.23. The van der Waals surface area contributed by atoms with E-state index in [1.54, 1.807) is 19.1 Å². The highest BCUT2D eigenvalue weighted by atomic mass is 16.4. The van der Waals surface area contributed by atoms with Crippen LogP contribution in [0.5, 0.6) is 0 Å². The number of carbonyl (C=O) groups is 2. The Balaban J connectivity index is 3.14. The number of aliphatic imine (C=N–C) groups is 1. The number of hydrogen-bond acceptors (Lipinski definition) is 3. The summed E-state index contributed by atoms with van der Waals surface area (Å²) in [5, 5.41) is 14.7. The van der Waals surface area contributed by atoms with Crippen LogP contribution in [0.15, 0.2) is 35.3 Å². The van der Waals surface area contributed by atoms with E-state index in [9.17, 15) is 14.7 Å². The van der Waals surface area contributed by atoms with Crippen LogP contribution in [-0.2, 0) is 4.79 Å². The van der Waals surface area contributed by atoms with Crippen molar-refractivity contribution in [1.82, 2.24) is 10.6 Å². The van der Waals surface area contributed by atoms with E-state index in [2.05, 4.69) is 15.6 Å². The van der Waals surface area contributed by atoms with E-state index in [0.29, 0.717) is 18.5 Å². The fourth-order valence-corrected chi connectivity index (χ4v) is 2.01. The van der Waals surface area contributed by atoms with Gasteiger partial charge in [-0.2, -0.15) is 0 Å². The molecule has 0 aliphatic heterocycles. The van der Waals surface area contributed by atoms with Crippen LogP contribution in [0.2, 0.25) is 0 Å². The lowest BCUT2D eigenvalue weighted by Crippen LogP contribution is -2.41. The number of nitrogens with zero attached hydrogens (tertiary/aromatic N) is 1. The summed E-state index contributed by atoms with van der Waals surface area (Å²) in [4.78, 5) is 27.6. The molecule has 6 heteroatoms. The molecule has 2 amide bonds. The van der Waals surface area contributed by atoms with Crippen molar-refractivity contribution in [2.45, 2.75) is 40.2 Å². The Morgan fingerprint density at radius 3 is 2.30 bits per heavy atom. The van der Waals surface area contributed by atoms with Crippen LogP contribution in [0.25, 0.3) is 0 Å². The lowest BCUT2D eigenvalue weighted by Gasteiger charge is -2.22. The fraction of sp³-hybridized carbons (Fsp3) is 0.471. The summed E-state index contributed by atoms with van der Waals surface area (Å²) in [5.74, 6) is -0.751. The van der Waals surface area contributed by atoms with Gasteiger partial charge in [-0.25, -0.2) is 9.59 Å². The molecule has 1 unspecified atom stereocenters. The molecule has 1 aromatic rings. The van der Waals surface area contributed by atoms with Crippen molar-refractivity contribution in [3.63, 3.8) is 0 Å². The number of hydrogen-bond donors (Lipinski definition) is 3. The van der Waals surface area contributed by atoms with E-state index in [4.69, 9.17) is 0 Å². The van der Waals surface area contributed by atoms with Gasteiger partial charge in [-0.15, -0.1) is 0 Å². The molecule has 0 fully saturated rings. The number of amidine groups is 1. The van der Waals surface area contributed by atoms with Gasteiger partial charge < -0.3 is 10.4 Å². The molecule has 1 rings (SSSR count). The largest absolute Gasteiger partial charge is 0.480 e. The molecule has 23 heavy (non-hydrogen) atoms. The molecule has 0 bridgehead atoms. The molecule has 0 aromatic heterocycles. The van der Waals surface area contributed by atoms with Crippen LogP contribution >= 0.6 is 0 Å². The van der Waals surface area contributed by atoms with Crippen LogP contribution in [0.3, 0.4) is 0 Å². The van der Waals surface area contributed by atoms with Crippen molar-refractivity contribution in [1.29, 1.82) is 0 Å². The number of nitrogens with one attached hydrogen (secondary N) is 2. The van der Waals surface area contributed by atoms with E-state index in [1.165, 1.54) is 0 Å². The molecule has 6 nitrogen and oxygen atoms in total. The van der Waals surface area contributed by atoms with Crippen molar-refractivity contribution in [3.05, 3.63) is 35.9 Å². The predicted molar refractivity (Wildman–Crippen MR) is 90.7 cm³/mol. The summed E-state index contributed by atoms with van der Waals surface area (Å²) in [6, 6.07) is 7.69. The molecule has 0 spiro atoms. The summed E-state index contributed by atoms with van der Waals surface area (Å²) >= 11 is 0. The fourth-order valence-electron chi connectivity index (χ4n) is 2.01. The van der Waals surface area contributed by atoms with Crippen molar-refractivity contribution in [3.8, 4) is 0 Å². The van der Waals surface area contributed by atoms with Gasteiger partial charge in [-0.3, -0.25) is 10.3 Å². The SMILES string of the molecule is CCNC(=O)NC(=NC(CC(C)(C)C)C(=O)O)c1ccccc1. The average Bonchev–Trinajstić information content (AvgIpc) is 2.45. The number of aliphatic carboxylic acids is 1. The first-order valence-electron chi connectivity index (χ1n) is 7.64. The van der Waals surface area contributed by atoms with Gasteiger partial charge in [0, 0.05) is 12.1 Å². The molecule has 0 heterocycles. The Morgan fingerprint density at radius 1 is 1.22 bits per heavy atom. The second-order valence-electron chi connectivity index (χ2n) is 6.45. The zero-order valence-corrected chi connectivity index (χ0v) is 14.1. The Kier molecular flexibility index (Phi) is 6.75. The van der Waals surface area contributed by atoms with Crippen molar-refractivity contribution < 1.29 is 14.7 Å². The topological polar surface area (TPSA) is 90.8 Å². The predicted octanol–water partition coefficient (Wildman–Crippen LogP) is 2.64. The molecule has 0 aliphatic carbocycles. The maximum absolute atomic E-state index is 11.8. The van der Waals surface area contributed by atoms with Crippen LogP contribution < -0.4 is 10.6 Å². The highest BCUT2D eigenvalue weighted by Gasteiger charge is 2.25. The lowest BCUT2D eigenvalue weighted by molar-refractivity contribution is -0.139. The maximum Gasteiger partial charge on any atom is 0.328 e. The third kappa shape index (κ3) is 6.95. The molecule has 0 radical (unpaired) electrons. The second kappa shape index (κ2) is 8.31. The average molecular weight is 319 g/mol. The van der Waals surface area contributed by atoms with E-state index in [-0.39, 0.29) is 11.3 Å². The Bertz CT molecular complexity index is 562. The van der Waals surface area contributed by atoms with Gasteiger partial charge in [0.05, 0.1) is 0 Å². The maximum atomic E-state index is 11.8. The van der Waals surface area contributed by atoms with E-state index in [1.807, 2.05) is 39.0 Å². The van der Waals surface area contributed by atoms with Gasteiger partial charge in [0.15, 0.2) is 0 Å². The quantitative estimate of drug-likeness (QED) is 0.575. The number of rotatable bonds is 5. The van der Waals surface area contributed by atoms with E-state index >= 15 is 0 Å². The first-order valence-corrected chi connectivity index (χ1v) is 7.64. The van der Waals surface area contributed by atoms with Gasteiger partial charge in [-0.1, -0.05) is 51.1 Å². The zero-order chi connectivity index (χ0) is 17.5. The minimum absolute atomic E-state index is 0.194. The monoisotopic (exact) mass is 319 g/mol. The van der Waals surface area contributed by atoms with E-state index in [0.717, 1.165) is 0 Å². The van der Waals surface area contributed by atoms with Crippen molar-refractivity contribution >= 4 is 17.8 Å². The van der Waals surface area contributed by atoms with Crippen LogP contribution in [0, 0.1) is 5.41 Å². The molecular weight excluding hydrogens is 294 g/mol. The highest BCUT2D eigenvalue weighted by molar-refractivity contribution is 6.08. The minimum atomic E-state index is -1.01. The summed E-state index contributed by atoms with van der Waals surface area (Å²) in [5.41, 5.74) is 0.471. The number of benzene rings is 1. The number of carboxylic acids is 1. The van der Waals surface area contributed by atoms with Crippen molar-refractivity contribution in [2.24, 2.45) is 10.4 Å². The number of carbonyl (C=O) groups excluding carboxylic acids is 1. The van der Waals surface area contributed by atoms with Gasteiger partial charge in [-0.05, 0) is 18.8 Å². The zero-order valence-electron chi connectivity index (χ0n) is 14.1. The van der Waals surface area contributed by atoms with Gasteiger partial charge >= 0.3 is 12.0 Å². The van der Waals surface area contributed by atoms with Gasteiger partial charge in [0.2, 0.25) is 0 Å². The van der Waals surface area contributed by atoms with Crippen LogP contribution in [0.4, 0.5) is 4.79 Å². The molecule has 1 atom stereocenters. The molecule has 0 aliphatic rings. The summed E-state index contributed by atoms with van der Waals surface area (Å²) in [7, 11) is 0. The molecule has 126 valence electrons. The molecule has 1 aromatic carbocycles. The summed E-state index contributed by atoms with van der Waals surface area (Å²) < 4.78 is 0. The third-order valence-corrected chi connectivity index (χ3v) is 2.99. The molecular formula is C17H25N3O3. The van der Waals surface area contributed by atoms with Crippen LogP contribution in [0.1, 0.15) is 39.7 Å². The third-order valence-electron chi connectivity index (χ3n) is 2.99. The Labute approximate surface area is 137 Å². The standard InChI is InChI=1S/C17H25N3O3/c1-5-18-16(23)20-14(12-9-7-6-8-10-12)19-13(15(21)22)11-17(2,3)4/h6-10,13H,5,11H2,1-4H3,(H,21,22)(H2,18,19,20,23). The Hall–Kier alpha value is -2.37. The first-order chi connectivity index (χ1) is 10.7. The van der Waals surface area contributed by atoms with Crippen LogP contribution in [-0.4, -0.2) is 35.5 Å². The first kappa shape index (κ1) is 18.7.